The summed E-state index contributed by atoms with van der Waals surface area (Å²) in [6.07, 6.45) is 1.59. The van der Waals surface area contributed by atoms with E-state index >= 15 is 0 Å². The lowest BCUT2D eigenvalue weighted by Crippen LogP contribution is -2.46. The van der Waals surface area contributed by atoms with Gasteiger partial charge in [0.15, 0.2) is 17.5 Å². The number of esters is 1. The van der Waals surface area contributed by atoms with Gasteiger partial charge in [-0.2, -0.15) is 0 Å². The Hall–Kier alpha value is -3.00. The fourth-order valence-corrected chi connectivity index (χ4v) is 5.21. The molecular formula is C29H44N4O6. The van der Waals surface area contributed by atoms with Crippen LogP contribution in [-0.4, -0.2) is 78.3 Å². The number of rotatable bonds is 8. The molecule has 1 aromatic carbocycles. The van der Waals surface area contributed by atoms with Crippen molar-refractivity contribution in [2.75, 3.05) is 26.7 Å². The van der Waals surface area contributed by atoms with Gasteiger partial charge in [-0.25, -0.2) is 0 Å². The van der Waals surface area contributed by atoms with Crippen molar-refractivity contribution in [3.63, 3.8) is 0 Å². The van der Waals surface area contributed by atoms with Gasteiger partial charge >= 0.3 is 5.97 Å². The fraction of sp³-hybridized carbons (Fsp3) is 0.655. The van der Waals surface area contributed by atoms with Crippen molar-refractivity contribution in [1.29, 1.82) is 0 Å². The van der Waals surface area contributed by atoms with Crippen molar-refractivity contribution in [3.05, 3.63) is 23.8 Å². The van der Waals surface area contributed by atoms with E-state index in [-0.39, 0.29) is 36.7 Å². The number of nitrogens with zero attached hydrogens (tertiary/aromatic N) is 1. The van der Waals surface area contributed by atoms with Gasteiger partial charge in [0.2, 0.25) is 0 Å². The number of nitrogens with two attached hydrogens (primary N) is 1. The molecule has 1 saturated heterocycles. The Balaban J connectivity index is 1.89. The van der Waals surface area contributed by atoms with E-state index in [1.807, 2.05) is 12.1 Å². The molecule has 2 aliphatic rings. The molecule has 1 fully saturated rings. The molecule has 10 nitrogen and oxygen atoms in total. The zero-order valence-corrected chi connectivity index (χ0v) is 23.3. The van der Waals surface area contributed by atoms with E-state index in [1.54, 1.807) is 20.0 Å². The zero-order valence-electron chi connectivity index (χ0n) is 23.3. The van der Waals surface area contributed by atoms with E-state index in [2.05, 4.69) is 27.5 Å². The van der Waals surface area contributed by atoms with Gasteiger partial charge in [-0.1, -0.05) is 12.0 Å². The summed E-state index contributed by atoms with van der Waals surface area (Å²) >= 11 is 0. The lowest BCUT2D eigenvalue weighted by atomic mass is 9.76. The smallest absolute Gasteiger partial charge is 0.302 e. The Morgan fingerprint density at radius 2 is 2.08 bits per heavy atom. The average Bonchev–Trinajstić information content (AvgIpc) is 2.90. The normalized spacial score (nSPS) is 27.5. The number of hydrogen-bond acceptors (Lipinski definition) is 8. The van der Waals surface area contributed by atoms with Crippen LogP contribution in [0.3, 0.4) is 0 Å². The van der Waals surface area contributed by atoms with Crippen LogP contribution in [0, 0.1) is 23.2 Å². The number of phenols is 1. The number of aliphatic hydroxyl groups excluding tert-OH is 2. The summed E-state index contributed by atoms with van der Waals surface area (Å²) in [6.45, 7) is 5.08. The van der Waals surface area contributed by atoms with Crippen molar-refractivity contribution >= 4 is 11.9 Å². The molecule has 0 bridgehead atoms. The Kier molecular flexibility index (Phi) is 11.3. The third-order valence-corrected chi connectivity index (χ3v) is 7.70. The molecule has 10 heteroatoms. The predicted octanol–water partition coefficient (Wildman–Crippen LogP) is 1.45. The quantitative estimate of drug-likeness (QED) is 0.123. The van der Waals surface area contributed by atoms with Gasteiger partial charge in [-0.15, -0.1) is 5.92 Å². The monoisotopic (exact) mass is 544 g/mol. The molecule has 3 rings (SSSR count). The first-order valence-electron chi connectivity index (χ1n) is 13.8. The van der Waals surface area contributed by atoms with Crippen LogP contribution >= 0.6 is 0 Å². The standard InChI is InChI=1S/C29H44N4O6/c1-19(34)29(18-33-28(30)31-3)11-4-5-22(26(38-20(2)35)17-23(36)8-12-29)15-21-6-7-25(37)27(16-21)39-24-9-13-32-14-10-24/h6-7,16,19,22-24,26,32,34,36-37H,5,8-10,12-15,17-18H2,1-3H3,(H3,30,31,33)/t19-,22+,23-,26-,29-/m0/s1. The maximum Gasteiger partial charge on any atom is 0.302 e. The molecule has 0 aromatic heterocycles. The van der Waals surface area contributed by atoms with Crippen molar-refractivity contribution < 1.29 is 29.6 Å². The van der Waals surface area contributed by atoms with Crippen LogP contribution in [0.15, 0.2) is 23.2 Å². The molecular weight excluding hydrogens is 500 g/mol. The minimum absolute atomic E-state index is 0.0323. The molecule has 0 spiro atoms. The van der Waals surface area contributed by atoms with Crippen LogP contribution in [-0.2, 0) is 16.0 Å². The van der Waals surface area contributed by atoms with E-state index in [4.69, 9.17) is 15.2 Å². The van der Waals surface area contributed by atoms with Gasteiger partial charge in [-0.3, -0.25) is 9.79 Å². The van der Waals surface area contributed by atoms with Crippen molar-refractivity contribution in [2.45, 2.75) is 83.2 Å². The van der Waals surface area contributed by atoms with E-state index in [9.17, 15) is 20.1 Å². The highest BCUT2D eigenvalue weighted by Crippen LogP contribution is 2.34. The van der Waals surface area contributed by atoms with Crippen LogP contribution in [0.5, 0.6) is 11.5 Å². The predicted molar refractivity (Wildman–Crippen MR) is 149 cm³/mol. The van der Waals surface area contributed by atoms with Crippen LogP contribution in [0.1, 0.15) is 57.9 Å². The van der Waals surface area contributed by atoms with E-state index < -0.39 is 29.7 Å². The summed E-state index contributed by atoms with van der Waals surface area (Å²) in [5, 5.41) is 38.4. The largest absolute Gasteiger partial charge is 0.504 e. The van der Waals surface area contributed by atoms with Gasteiger partial charge in [-0.05, 0) is 69.8 Å². The van der Waals surface area contributed by atoms with Gasteiger partial charge < -0.3 is 41.2 Å². The van der Waals surface area contributed by atoms with E-state index in [0.29, 0.717) is 31.4 Å². The number of carbonyl (C=O) groups excluding carboxylic acids is 1. The SMILES string of the molecule is CN=C(N)NC[C@]1([C@H](C)O)C#CC[C@H](Cc2ccc(O)c(OC3CCNCC3)c2)[C@@H](OC(C)=O)C[C@@H](O)CC1. The second-order valence-corrected chi connectivity index (χ2v) is 10.7. The summed E-state index contributed by atoms with van der Waals surface area (Å²) in [6, 6.07) is 5.29. The van der Waals surface area contributed by atoms with Crippen LogP contribution < -0.4 is 21.1 Å². The van der Waals surface area contributed by atoms with Crippen molar-refractivity contribution in [2.24, 2.45) is 22.1 Å². The van der Waals surface area contributed by atoms with Gasteiger partial charge in [0.1, 0.15) is 12.2 Å². The Bertz CT molecular complexity index is 1050. The number of piperidine rings is 1. The number of ether oxygens (including phenoxy) is 2. The Morgan fingerprint density at radius 3 is 2.74 bits per heavy atom. The highest BCUT2D eigenvalue weighted by Gasteiger charge is 2.36. The maximum atomic E-state index is 12.0. The topological polar surface area (TPSA) is 159 Å². The Labute approximate surface area is 231 Å². The summed E-state index contributed by atoms with van der Waals surface area (Å²) in [7, 11) is 1.58. The van der Waals surface area contributed by atoms with E-state index in [1.165, 1.54) is 6.92 Å². The lowest BCUT2D eigenvalue weighted by molar-refractivity contribution is -0.151. The fourth-order valence-electron chi connectivity index (χ4n) is 5.21. The third-order valence-electron chi connectivity index (χ3n) is 7.70. The average molecular weight is 545 g/mol. The molecule has 0 amide bonds. The number of carbonyl (C=O) groups is 1. The zero-order chi connectivity index (χ0) is 28.4. The highest BCUT2D eigenvalue weighted by molar-refractivity contribution is 5.77. The van der Waals surface area contributed by atoms with E-state index in [0.717, 1.165) is 31.5 Å². The second kappa shape index (κ2) is 14.4. The van der Waals surface area contributed by atoms with Crippen LogP contribution in [0.2, 0.25) is 0 Å². The molecule has 1 aromatic rings. The number of aliphatic hydroxyl groups is 2. The maximum absolute atomic E-state index is 12.0. The first kappa shape index (κ1) is 30.5. The number of aliphatic imine (C=N–C) groups is 1. The summed E-state index contributed by atoms with van der Waals surface area (Å²) in [5.41, 5.74) is 5.90. The number of benzene rings is 1. The number of guanidine groups is 1. The molecule has 216 valence electrons. The third kappa shape index (κ3) is 9.02. The van der Waals surface area contributed by atoms with Crippen LogP contribution in [0.25, 0.3) is 0 Å². The first-order valence-corrected chi connectivity index (χ1v) is 13.8. The minimum Gasteiger partial charge on any atom is -0.504 e. The summed E-state index contributed by atoms with van der Waals surface area (Å²) in [5.74, 6) is 6.65. The molecule has 1 heterocycles. The summed E-state index contributed by atoms with van der Waals surface area (Å²) < 4.78 is 11.8. The van der Waals surface area contributed by atoms with Gasteiger partial charge in [0, 0.05) is 39.3 Å². The lowest BCUT2D eigenvalue weighted by Gasteiger charge is -2.35. The minimum atomic E-state index is -0.844. The summed E-state index contributed by atoms with van der Waals surface area (Å²) in [4.78, 5) is 15.9. The molecule has 7 N–H and O–H groups in total. The first-order chi connectivity index (χ1) is 18.6. The number of nitrogens with one attached hydrogen (secondary N) is 2. The van der Waals surface area contributed by atoms with Crippen LogP contribution in [0.4, 0.5) is 0 Å². The number of aromatic hydroxyl groups is 1. The number of hydrogen-bond donors (Lipinski definition) is 6. The molecule has 39 heavy (non-hydrogen) atoms. The molecule has 0 saturated carbocycles. The molecule has 0 unspecified atom stereocenters. The molecule has 0 radical (unpaired) electrons. The molecule has 1 aliphatic heterocycles. The van der Waals surface area contributed by atoms with Gasteiger partial charge in [0.25, 0.3) is 0 Å². The van der Waals surface area contributed by atoms with Crippen molar-refractivity contribution in [1.82, 2.24) is 10.6 Å². The molecule has 1 aliphatic carbocycles. The highest BCUT2D eigenvalue weighted by atomic mass is 16.5. The molecule has 5 atom stereocenters. The Morgan fingerprint density at radius 1 is 1.33 bits per heavy atom. The second-order valence-electron chi connectivity index (χ2n) is 10.7. The van der Waals surface area contributed by atoms with Gasteiger partial charge in [0.05, 0.1) is 17.6 Å². The van der Waals surface area contributed by atoms with Crippen molar-refractivity contribution in [3.8, 4) is 23.3 Å². The number of phenolic OH excluding ortho intramolecular Hbond substituents is 1.